The molecule has 2 amide bonds. The third-order valence-electron chi connectivity index (χ3n) is 4.28. The van der Waals surface area contributed by atoms with Gasteiger partial charge in [0.25, 0.3) is 0 Å². The minimum absolute atomic E-state index is 0.00248. The molecule has 1 atom stereocenters. The summed E-state index contributed by atoms with van der Waals surface area (Å²) in [6, 6.07) is 14.9. The van der Waals surface area contributed by atoms with Crippen molar-refractivity contribution in [2.75, 3.05) is 0 Å². The van der Waals surface area contributed by atoms with Crippen molar-refractivity contribution in [2.45, 2.75) is 52.2 Å². The summed E-state index contributed by atoms with van der Waals surface area (Å²) in [4.78, 5) is 27.3. The van der Waals surface area contributed by atoms with E-state index in [2.05, 4.69) is 5.32 Å². The van der Waals surface area contributed by atoms with Crippen LogP contribution in [-0.2, 0) is 22.6 Å². The molecule has 0 aromatic heterocycles. The zero-order valence-electron chi connectivity index (χ0n) is 16.1. The zero-order chi connectivity index (χ0) is 19.8. The standard InChI is InChI=1S/C22H27FN2O2/c1-4-20(22(27)24-16(2)3)25(15-18-8-6-5-7-9-18)21(26)14-17-10-12-19(23)13-11-17/h5-13,16,20H,4,14-15H2,1-3H3,(H,24,27). The second kappa shape index (κ2) is 9.86. The Morgan fingerprint density at radius 3 is 2.19 bits per heavy atom. The molecule has 0 aliphatic heterocycles. The van der Waals surface area contributed by atoms with Crippen molar-refractivity contribution < 1.29 is 14.0 Å². The van der Waals surface area contributed by atoms with Crippen LogP contribution in [0.2, 0.25) is 0 Å². The summed E-state index contributed by atoms with van der Waals surface area (Å²) in [6.07, 6.45) is 0.638. The van der Waals surface area contributed by atoms with E-state index in [1.807, 2.05) is 51.1 Å². The maximum Gasteiger partial charge on any atom is 0.243 e. The Hall–Kier alpha value is -2.69. The average Bonchev–Trinajstić information content (AvgIpc) is 2.63. The normalized spacial score (nSPS) is 11.9. The van der Waals surface area contributed by atoms with Crippen LogP contribution in [0.1, 0.15) is 38.3 Å². The lowest BCUT2D eigenvalue weighted by molar-refractivity contribution is -0.141. The first-order valence-electron chi connectivity index (χ1n) is 9.29. The van der Waals surface area contributed by atoms with E-state index in [1.54, 1.807) is 17.0 Å². The summed E-state index contributed by atoms with van der Waals surface area (Å²) in [5.74, 6) is -0.651. The van der Waals surface area contributed by atoms with Crippen molar-refractivity contribution in [3.63, 3.8) is 0 Å². The number of hydrogen-bond acceptors (Lipinski definition) is 2. The molecule has 2 aromatic carbocycles. The molecule has 27 heavy (non-hydrogen) atoms. The number of hydrogen-bond donors (Lipinski definition) is 1. The quantitative estimate of drug-likeness (QED) is 0.770. The van der Waals surface area contributed by atoms with E-state index in [4.69, 9.17) is 0 Å². The topological polar surface area (TPSA) is 49.4 Å². The molecule has 0 saturated carbocycles. The lowest BCUT2D eigenvalue weighted by atomic mass is 10.1. The Morgan fingerprint density at radius 2 is 1.63 bits per heavy atom. The monoisotopic (exact) mass is 370 g/mol. The van der Waals surface area contributed by atoms with Gasteiger partial charge >= 0.3 is 0 Å². The molecule has 1 N–H and O–H groups in total. The highest BCUT2D eigenvalue weighted by molar-refractivity contribution is 5.88. The molecule has 144 valence electrons. The molecule has 0 bridgehead atoms. The molecule has 5 heteroatoms. The maximum atomic E-state index is 13.1. The van der Waals surface area contributed by atoms with Gasteiger partial charge in [0.2, 0.25) is 11.8 Å². The van der Waals surface area contributed by atoms with Gasteiger partial charge < -0.3 is 10.2 Å². The van der Waals surface area contributed by atoms with Crippen molar-refractivity contribution in [2.24, 2.45) is 0 Å². The number of benzene rings is 2. The predicted molar refractivity (Wildman–Crippen MR) is 104 cm³/mol. The van der Waals surface area contributed by atoms with Crippen LogP contribution in [0.5, 0.6) is 0 Å². The molecular formula is C22H27FN2O2. The van der Waals surface area contributed by atoms with Gasteiger partial charge in [0.05, 0.1) is 6.42 Å². The number of carbonyl (C=O) groups is 2. The number of carbonyl (C=O) groups excluding carboxylic acids is 2. The van der Waals surface area contributed by atoms with Crippen LogP contribution in [-0.4, -0.2) is 28.8 Å². The fourth-order valence-corrected chi connectivity index (χ4v) is 2.96. The minimum Gasteiger partial charge on any atom is -0.352 e. The zero-order valence-corrected chi connectivity index (χ0v) is 16.1. The van der Waals surface area contributed by atoms with E-state index in [9.17, 15) is 14.0 Å². The molecular weight excluding hydrogens is 343 g/mol. The van der Waals surface area contributed by atoms with E-state index >= 15 is 0 Å². The highest BCUT2D eigenvalue weighted by atomic mass is 19.1. The number of nitrogens with one attached hydrogen (secondary N) is 1. The molecule has 0 radical (unpaired) electrons. The van der Waals surface area contributed by atoms with Gasteiger partial charge in [-0.3, -0.25) is 9.59 Å². The number of halogens is 1. The molecule has 0 fully saturated rings. The Kier molecular flexibility index (Phi) is 7.53. The molecule has 1 unspecified atom stereocenters. The van der Waals surface area contributed by atoms with Gasteiger partial charge in [-0.15, -0.1) is 0 Å². The average molecular weight is 370 g/mol. The fourth-order valence-electron chi connectivity index (χ4n) is 2.96. The van der Waals surface area contributed by atoms with E-state index in [0.29, 0.717) is 13.0 Å². The summed E-state index contributed by atoms with van der Waals surface area (Å²) in [7, 11) is 0. The minimum atomic E-state index is -0.555. The summed E-state index contributed by atoms with van der Waals surface area (Å²) >= 11 is 0. The third-order valence-corrected chi connectivity index (χ3v) is 4.28. The van der Waals surface area contributed by atoms with Crippen LogP contribution in [0, 0.1) is 5.82 Å². The van der Waals surface area contributed by atoms with Crippen LogP contribution < -0.4 is 5.32 Å². The first-order chi connectivity index (χ1) is 12.9. The second-order valence-corrected chi connectivity index (χ2v) is 6.90. The van der Waals surface area contributed by atoms with E-state index in [-0.39, 0.29) is 30.1 Å². The smallest absolute Gasteiger partial charge is 0.243 e. The number of amides is 2. The lowest BCUT2D eigenvalue weighted by Gasteiger charge is -2.31. The molecule has 0 aliphatic rings. The van der Waals surface area contributed by atoms with Crippen LogP contribution >= 0.6 is 0 Å². The first-order valence-corrected chi connectivity index (χ1v) is 9.29. The van der Waals surface area contributed by atoms with Crippen LogP contribution in [0.3, 0.4) is 0 Å². The fraction of sp³-hybridized carbons (Fsp3) is 0.364. The summed E-state index contributed by atoms with van der Waals surface area (Å²) in [5, 5.41) is 2.90. The summed E-state index contributed by atoms with van der Waals surface area (Å²) in [6.45, 7) is 6.04. The van der Waals surface area contributed by atoms with Gasteiger partial charge in [-0.25, -0.2) is 4.39 Å². The van der Waals surface area contributed by atoms with Crippen LogP contribution in [0.4, 0.5) is 4.39 Å². The van der Waals surface area contributed by atoms with Crippen molar-refractivity contribution in [1.82, 2.24) is 10.2 Å². The van der Waals surface area contributed by atoms with Gasteiger partial charge in [0.15, 0.2) is 0 Å². The van der Waals surface area contributed by atoms with Crippen molar-refractivity contribution in [3.8, 4) is 0 Å². The first kappa shape index (κ1) is 20.6. The van der Waals surface area contributed by atoms with Crippen molar-refractivity contribution >= 4 is 11.8 Å². The van der Waals surface area contributed by atoms with Gasteiger partial charge in [-0.05, 0) is 43.5 Å². The third kappa shape index (κ3) is 6.20. The largest absolute Gasteiger partial charge is 0.352 e. The molecule has 0 aliphatic carbocycles. The van der Waals surface area contributed by atoms with Gasteiger partial charge in [-0.2, -0.15) is 0 Å². The molecule has 0 spiro atoms. The van der Waals surface area contributed by atoms with E-state index in [1.165, 1.54) is 12.1 Å². The van der Waals surface area contributed by atoms with Gasteiger partial charge in [0, 0.05) is 12.6 Å². The Bertz CT molecular complexity index is 745. The lowest BCUT2D eigenvalue weighted by Crippen LogP contribution is -2.50. The Balaban J connectivity index is 2.25. The van der Waals surface area contributed by atoms with Crippen molar-refractivity contribution in [1.29, 1.82) is 0 Å². The Morgan fingerprint density at radius 1 is 1.00 bits per heavy atom. The van der Waals surface area contributed by atoms with Gasteiger partial charge in [-0.1, -0.05) is 49.4 Å². The molecule has 2 aromatic rings. The molecule has 0 saturated heterocycles. The van der Waals surface area contributed by atoms with E-state index < -0.39 is 6.04 Å². The number of rotatable bonds is 8. The molecule has 0 heterocycles. The van der Waals surface area contributed by atoms with Crippen LogP contribution in [0.25, 0.3) is 0 Å². The highest BCUT2D eigenvalue weighted by Gasteiger charge is 2.28. The predicted octanol–water partition coefficient (Wildman–Crippen LogP) is 3.70. The molecule has 4 nitrogen and oxygen atoms in total. The van der Waals surface area contributed by atoms with Crippen molar-refractivity contribution in [3.05, 3.63) is 71.5 Å². The van der Waals surface area contributed by atoms with Crippen LogP contribution in [0.15, 0.2) is 54.6 Å². The van der Waals surface area contributed by atoms with Gasteiger partial charge in [0.1, 0.15) is 11.9 Å². The second-order valence-electron chi connectivity index (χ2n) is 6.90. The summed E-state index contributed by atoms with van der Waals surface area (Å²) < 4.78 is 13.1. The summed E-state index contributed by atoms with van der Waals surface area (Å²) in [5.41, 5.74) is 1.68. The number of nitrogens with zero attached hydrogens (tertiary/aromatic N) is 1. The SMILES string of the molecule is CCC(C(=O)NC(C)C)N(Cc1ccccc1)C(=O)Cc1ccc(F)cc1. The Labute approximate surface area is 160 Å². The van der Waals surface area contributed by atoms with E-state index in [0.717, 1.165) is 11.1 Å². The molecule has 2 rings (SSSR count). The maximum absolute atomic E-state index is 13.1. The highest BCUT2D eigenvalue weighted by Crippen LogP contribution is 2.15.